The summed E-state index contributed by atoms with van der Waals surface area (Å²) >= 11 is 3.67. The van der Waals surface area contributed by atoms with Crippen LogP contribution >= 0.6 is 15.9 Å². The monoisotopic (exact) mass is 385 g/mol. The Morgan fingerprint density at radius 1 is 0.913 bits per heavy atom. The van der Waals surface area contributed by atoms with Crippen molar-refractivity contribution in [3.05, 3.63) is 22.2 Å². The number of halogens is 1. The number of rotatable bonds is 4. The van der Waals surface area contributed by atoms with Crippen LogP contribution in [0.2, 0.25) is 0 Å². The first kappa shape index (κ1) is 18.1. The van der Waals surface area contributed by atoms with Crippen molar-refractivity contribution < 1.29 is 19.4 Å². The summed E-state index contributed by atoms with van der Waals surface area (Å²) < 4.78 is 17.2. The van der Waals surface area contributed by atoms with Crippen molar-refractivity contribution in [1.29, 1.82) is 0 Å². The van der Waals surface area contributed by atoms with E-state index in [4.69, 9.17) is 14.2 Å². The average Bonchev–Trinajstić information content (AvgIpc) is 2.63. The predicted molar refractivity (Wildman–Crippen MR) is 93.7 cm³/mol. The maximum Gasteiger partial charge on any atom is 0.203 e. The van der Waals surface area contributed by atoms with E-state index in [1.165, 1.54) is 5.06 Å². The lowest BCUT2D eigenvalue weighted by Gasteiger charge is -2.36. The highest BCUT2D eigenvalue weighted by molar-refractivity contribution is 9.12. The molecule has 0 amide bonds. The summed E-state index contributed by atoms with van der Waals surface area (Å²) in [4.78, 5) is 0. The Morgan fingerprint density at radius 3 is 1.70 bits per heavy atom. The minimum Gasteiger partial charge on any atom is -0.493 e. The van der Waals surface area contributed by atoms with Crippen molar-refractivity contribution in [2.45, 2.75) is 38.8 Å². The van der Waals surface area contributed by atoms with Gasteiger partial charge in [0.2, 0.25) is 5.75 Å². The Labute approximate surface area is 145 Å². The van der Waals surface area contributed by atoms with E-state index in [9.17, 15) is 5.21 Å². The summed E-state index contributed by atoms with van der Waals surface area (Å²) in [6.07, 6.45) is 0. The fourth-order valence-corrected chi connectivity index (χ4v) is 4.06. The van der Waals surface area contributed by atoms with Crippen molar-refractivity contribution in [2.24, 2.45) is 0 Å². The summed E-state index contributed by atoms with van der Waals surface area (Å²) in [5.74, 6) is 1.71. The first-order valence-corrected chi connectivity index (χ1v) is 8.12. The first-order valence-electron chi connectivity index (χ1n) is 7.33. The molecule has 0 unspecified atom stereocenters. The molecule has 1 N–H and O–H groups in total. The van der Waals surface area contributed by atoms with Gasteiger partial charge in [-0.3, -0.25) is 0 Å². The molecule has 0 radical (unpaired) electrons. The van der Waals surface area contributed by atoms with E-state index in [0.29, 0.717) is 17.2 Å². The van der Waals surface area contributed by atoms with Crippen LogP contribution in [-0.4, -0.2) is 42.7 Å². The third kappa shape index (κ3) is 2.62. The average molecular weight is 386 g/mol. The second-order valence-electron chi connectivity index (χ2n) is 6.53. The quantitative estimate of drug-likeness (QED) is 0.845. The van der Waals surface area contributed by atoms with Gasteiger partial charge in [-0.25, -0.2) is 0 Å². The molecular weight excluding hydrogens is 362 g/mol. The number of hydrogen-bond donors (Lipinski definition) is 1. The zero-order valence-electron chi connectivity index (χ0n) is 14.7. The van der Waals surface area contributed by atoms with Gasteiger partial charge in [0, 0.05) is 4.48 Å². The predicted octanol–water partition coefficient (Wildman–Crippen LogP) is 4.08. The van der Waals surface area contributed by atoms with Gasteiger partial charge in [0.25, 0.3) is 0 Å². The Morgan fingerprint density at radius 2 is 1.39 bits per heavy atom. The molecule has 0 saturated heterocycles. The van der Waals surface area contributed by atoms with E-state index in [2.05, 4.69) is 15.9 Å². The lowest BCUT2D eigenvalue weighted by molar-refractivity contribution is -0.181. The second kappa shape index (κ2) is 6.00. The molecule has 6 heteroatoms. The molecule has 0 aromatic heterocycles. The van der Waals surface area contributed by atoms with Crippen LogP contribution < -0.4 is 14.2 Å². The van der Waals surface area contributed by atoms with Gasteiger partial charge < -0.3 is 19.4 Å². The molecule has 1 aliphatic heterocycles. The number of methoxy groups -OCH3 is 3. The zero-order valence-corrected chi connectivity index (χ0v) is 16.2. The van der Waals surface area contributed by atoms with Crippen LogP contribution in [0, 0.1) is 0 Å². The highest BCUT2D eigenvalue weighted by Gasteiger charge is 2.50. The van der Waals surface area contributed by atoms with Crippen molar-refractivity contribution >= 4 is 21.5 Å². The van der Waals surface area contributed by atoms with Gasteiger partial charge in [-0.15, -0.1) is 0 Å². The lowest BCUT2D eigenvalue weighted by atomic mass is 9.89. The summed E-state index contributed by atoms with van der Waals surface area (Å²) in [5, 5.41) is 12.0. The molecule has 23 heavy (non-hydrogen) atoms. The molecule has 1 aliphatic rings. The van der Waals surface area contributed by atoms with Crippen molar-refractivity contribution in [3.63, 3.8) is 0 Å². The first-order chi connectivity index (χ1) is 10.6. The molecule has 1 heterocycles. The fourth-order valence-electron chi connectivity index (χ4n) is 3.18. The Hall–Kier alpha value is -1.24. The Bertz CT molecular complexity index is 627. The van der Waals surface area contributed by atoms with Gasteiger partial charge in [-0.05, 0) is 51.0 Å². The molecular formula is C17H24BrNO4. The molecule has 0 spiro atoms. The minimum absolute atomic E-state index is 0.529. The Balaban J connectivity index is 2.73. The molecule has 2 rings (SSSR count). The summed E-state index contributed by atoms with van der Waals surface area (Å²) in [6, 6.07) is 3.80. The third-order valence-electron chi connectivity index (χ3n) is 4.38. The van der Waals surface area contributed by atoms with E-state index in [-0.39, 0.29) is 0 Å². The molecule has 0 bridgehead atoms. The third-order valence-corrected chi connectivity index (χ3v) is 5.75. The van der Waals surface area contributed by atoms with Crippen molar-refractivity contribution in [2.75, 3.05) is 21.3 Å². The fraction of sp³-hybridized carbons (Fsp3) is 0.529. The van der Waals surface area contributed by atoms with Crippen LogP contribution in [0.25, 0.3) is 5.57 Å². The minimum atomic E-state index is -0.576. The molecule has 0 saturated carbocycles. The van der Waals surface area contributed by atoms with Crippen molar-refractivity contribution in [1.82, 2.24) is 5.06 Å². The molecule has 128 valence electrons. The normalized spacial score (nSPS) is 19.9. The number of hydrogen-bond acceptors (Lipinski definition) is 5. The molecule has 1 aromatic rings. The van der Waals surface area contributed by atoms with Crippen molar-refractivity contribution in [3.8, 4) is 17.2 Å². The molecule has 0 fully saturated rings. The van der Waals surface area contributed by atoms with E-state index >= 15 is 0 Å². The van der Waals surface area contributed by atoms with Crippen LogP contribution in [0.4, 0.5) is 0 Å². The van der Waals surface area contributed by atoms with E-state index in [1.807, 2.05) is 39.8 Å². The van der Waals surface area contributed by atoms with Crippen LogP contribution in [0.3, 0.4) is 0 Å². The van der Waals surface area contributed by atoms with Crippen LogP contribution in [-0.2, 0) is 0 Å². The van der Waals surface area contributed by atoms with Gasteiger partial charge in [0.05, 0.1) is 32.4 Å². The largest absolute Gasteiger partial charge is 0.493 e. The maximum atomic E-state index is 10.6. The highest BCUT2D eigenvalue weighted by atomic mass is 79.9. The lowest BCUT2D eigenvalue weighted by Crippen LogP contribution is -2.48. The number of ether oxygens (including phenoxy) is 3. The standard InChI is InChI=1S/C17H24BrNO4/c1-16(2)13(15(18)17(3,4)19(16)20)10-8-11(21-5)14(23-7)12(9-10)22-6/h8-9,20H,1-7H3. The molecule has 5 nitrogen and oxygen atoms in total. The van der Waals surface area contributed by atoms with Crippen LogP contribution in [0.15, 0.2) is 16.6 Å². The number of nitrogens with zero attached hydrogens (tertiary/aromatic N) is 1. The summed E-state index contributed by atoms with van der Waals surface area (Å²) in [7, 11) is 4.76. The zero-order chi connectivity index (χ0) is 17.6. The Kier molecular flexibility index (Phi) is 4.72. The molecule has 0 atom stereocenters. The number of hydroxylamine groups is 2. The topological polar surface area (TPSA) is 51.2 Å². The van der Waals surface area contributed by atoms with Gasteiger partial charge in [-0.1, -0.05) is 15.9 Å². The summed E-state index contributed by atoms with van der Waals surface area (Å²) in [5.41, 5.74) is 0.775. The SMILES string of the molecule is COc1cc(C2=C(Br)C(C)(C)N(O)C2(C)C)cc(OC)c1OC. The van der Waals surface area contributed by atoms with E-state index < -0.39 is 11.1 Å². The van der Waals surface area contributed by atoms with Gasteiger partial charge in [0.1, 0.15) is 0 Å². The highest BCUT2D eigenvalue weighted by Crippen LogP contribution is 2.52. The van der Waals surface area contributed by atoms with Gasteiger partial charge >= 0.3 is 0 Å². The molecule has 0 aliphatic carbocycles. The van der Waals surface area contributed by atoms with Crippen LogP contribution in [0.1, 0.15) is 33.3 Å². The van der Waals surface area contributed by atoms with Crippen LogP contribution in [0.5, 0.6) is 17.2 Å². The van der Waals surface area contributed by atoms with Gasteiger partial charge in [-0.2, -0.15) is 5.06 Å². The van der Waals surface area contributed by atoms with E-state index in [1.54, 1.807) is 21.3 Å². The van der Waals surface area contributed by atoms with E-state index in [0.717, 1.165) is 15.6 Å². The second-order valence-corrected chi connectivity index (χ2v) is 7.33. The van der Waals surface area contributed by atoms with Gasteiger partial charge in [0.15, 0.2) is 11.5 Å². The smallest absolute Gasteiger partial charge is 0.203 e. The maximum absolute atomic E-state index is 10.6. The summed E-state index contributed by atoms with van der Waals surface area (Å²) in [6.45, 7) is 7.87. The number of benzene rings is 1. The molecule has 1 aromatic carbocycles.